The molecule has 0 saturated carbocycles. The van der Waals surface area contributed by atoms with Gasteiger partial charge in [-0.15, -0.1) is 0 Å². The molecule has 3 aromatic rings. The molecule has 2 heterocycles. The third-order valence-corrected chi connectivity index (χ3v) is 4.95. The van der Waals surface area contributed by atoms with Gasteiger partial charge < -0.3 is 8.97 Å². The Morgan fingerprint density at radius 1 is 0.964 bits per heavy atom. The van der Waals surface area contributed by atoms with Crippen LogP contribution in [-0.2, 0) is 14.9 Å². The van der Waals surface area contributed by atoms with Crippen LogP contribution in [0.2, 0.25) is 0 Å². The van der Waals surface area contributed by atoms with E-state index in [0.29, 0.717) is 22.8 Å². The Morgan fingerprint density at radius 2 is 1.68 bits per heavy atom. The van der Waals surface area contributed by atoms with Gasteiger partial charge in [-0.05, 0) is 36.4 Å². The van der Waals surface area contributed by atoms with E-state index >= 15 is 0 Å². The Morgan fingerprint density at radius 3 is 2.29 bits per heavy atom. The van der Waals surface area contributed by atoms with Crippen LogP contribution in [0.15, 0.2) is 93.0 Å². The number of nitrogens with zero attached hydrogens (tertiary/aromatic N) is 2. The Hall–Kier alpha value is -3.49. The molecule has 28 heavy (non-hydrogen) atoms. The quantitative estimate of drug-likeness (QED) is 0.501. The summed E-state index contributed by atoms with van der Waals surface area (Å²) < 4.78 is 38.8. The van der Waals surface area contributed by atoms with Gasteiger partial charge in [0.1, 0.15) is 27.4 Å². The molecule has 2 aromatic carbocycles. The third-order valence-electron chi connectivity index (χ3n) is 4.10. The number of amides is 1. The summed E-state index contributed by atoms with van der Waals surface area (Å²) in [7, 11) is -4.57. The van der Waals surface area contributed by atoms with Crippen LogP contribution in [-0.4, -0.2) is 24.7 Å². The maximum absolute atomic E-state index is 13.0. The van der Waals surface area contributed by atoms with Gasteiger partial charge in [0, 0.05) is 11.6 Å². The molecule has 0 N–H and O–H groups in total. The molecule has 4 rings (SSSR count). The molecule has 0 bridgehead atoms. The minimum atomic E-state index is -4.57. The van der Waals surface area contributed by atoms with Crippen LogP contribution < -0.4 is 4.90 Å². The molecule has 0 saturated heterocycles. The zero-order valence-electron chi connectivity index (χ0n) is 14.3. The summed E-state index contributed by atoms with van der Waals surface area (Å²) in [4.78, 5) is 18.5. The van der Waals surface area contributed by atoms with Crippen LogP contribution in [0.4, 0.5) is 5.69 Å². The highest BCUT2D eigenvalue weighted by Crippen LogP contribution is 2.28. The van der Waals surface area contributed by atoms with Crippen LogP contribution in [0.25, 0.3) is 6.08 Å². The molecule has 0 fully saturated rings. The first-order valence-electron chi connectivity index (χ1n) is 8.23. The topological polar surface area (TPSA) is 103 Å². The average Bonchev–Trinajstić information content (AvgIpc) is 3.31. The number of carbonyl (C=O) groups excluding carboxylic acids is 1. The standard InChI is InChI=1S/C20H14N2O5S/c23-20-18(13-16-7-4-12-27-16)21-19(14-5-2-1-3-6-14)22(20)15-8-10-17(11-9-15)28(24,25)26/h1-13H,(H,24,25,26)/p-1/b18-13+. The highest BCUT2D eigenvalue weighted by atomic mass is 32.2. The van der Waals surface area contributed by atoms with Gasteiger partial charge in [-0.25, -0.2) is 13.4 Å². The van der Waals surface area contributed by atoms with Gasteiger partial charge in [0.15, 0.2) is 0 Å². The molecule has 1 aliphatic rings. The number of benzene rings is 2. The highest BCUT2D eigenvalue weighted by Gasteiger charge is 2.32. The van der Waals surface area contributed by atoms with Crippen LogP contribution >= 0.6 is 0 Å². The van der Waals surface area contributed by atoms with Gasteiger partial charge in [0.05, 0.1) is 16.8 Å². The minimum Gasteiger partial charge on any atom is -0.744 e. The first kappa shape index (κ1) is 17.9. The lowest BCUT2D eigenvalue weighted by Gasteiger charge is -2.19. The van der Waals surface area contributed by atoms with E-state index in [-0.39, 0.29) is 10.6 Å². The van der Waals surface area contributed by atoms with Crippen molar-refractivity contribution in [1.29, 1.82) is 0 Å². The van der Waals surface area contributed by atoms with Crippen molar-refractivity contribution in [1.82, 2.24) is 0 Å². The molecule has 0 aliphatic carbocycles. The number of furan rings is 1. The van der Waals surface area contributed by atoms with E-state index in [2.05, 4.69) is 4.99 Å². The number of rotatable bonds is 4. The SMILES string of the molecule is O=C1/C(=C\c2ccco2)N=C(c2ccccc2)N1c1ccc(S(=O)(=O)[O-])cc1. The molecule has 0 atom stereocenters. The van der Waals surface area contributed by atoms with Crippen molar-refractivity contribution in [2.24, 2.45) is 4.99 Å². The van der Waals surface area contributed by atoms with E-state index in [9.17, 15) is 17.8 Å². The van der Waals surface area contributed by atoms with Crippen molar-refractivity contribution in [3.8, 4) is 0 Å². The number of carbonyl (C=O) groups is 1. The maximum atomic E-state index is 13.0. The summed E-state index contributed by atoms with van der Waals surface area (Å²) in [6, 6.07) is 17.7. The lowest BCUT2D eigenvalue weighted by atomic mass is 10.2. The molecule has 140 valence electrons. The summed E-state index contributed by atoms with van der Waals surface area (Å²) in [5, 5.41) is 0. The third kappa shape index (κ3) is 3.38. The van der Waals surface area contributed by atoms with Gasteiger partial charge in [0.2, 0.25) is 0 Å². The minimum absolute atomic E-state index is 0.175. The lowest BCUT2D eigenvalue weighted by Crippen LogP contribution is -2.32. The predicted octanol–water partition coefficient (Wildman–Crippen LogP) is 3.02. The molecule has 0 radical (unpaired) electrons. The normalized spacial score (nSPS) is 15.9. The molecule has 1 amide bonds. The first-order valence-corrected chi connectivity index (χ1v) is 9.64. The summed E-state index contributed by atoms with van der Waals surface area (Å²) in [6.45, 7) is 0. The average molecular weight is 393 g/mol. The van der Waals surface area contributed by atoms with Gasteiger partial charge in [0.25, 0.3) is 5.91 Å². The zero-order chi connectivity index (χ0) is 19.7. The van der Waals surface area contributed by atoms with Crippen LogP contribution in [0.3, 0.4) is 0 Å². The van der Waals surface area contributed by atoms with Crippen LogP contribution in [0.1, 0.15) is 11.3 Å². The molecule has 7 nitrogen and oxygen atoms in total. The van der Waals surface area contributed by atoms with Gasteiger partial charge in [-0.1, -0.05) is 30.3 Å². The molecule has 0 spiro atoms. The molecular formula is C20H13N2O5S-. The van der Waals surface area contributed by atoms with Crippen molar-refractivity contribution in [2.45, 2.75) is 4.90 Å². The maximum Gasteiger partial charge on any atom is 0.282 e. The second-order valence-electron chi connectivity index (χ2n) is 5.94. The van der Waals surface area contributed by atoms with E-state index in [1.165, 1.54) is 41.5 Å². The zero-order valence-corrected chi connectivity index (χ0v) is 15.2. The first-order chi connectivity index (χ1) is 13.4. The van der Waals surface area contributed by atoms with Crippen molar-refractivity contribution in [3.05, 3.63) is 90.0 Å². The second-order valence-corrected chi connectivity index (χ2v) is 7.31. The van der Waals surface area contributed by atoms with E-state index in [4.69, 9.17) is 4.42 Å². The van der Waals surface area contributed by atoms with Crippen LogP contribution in [0, 0.1) is 0 Å². The molecule has 8 heteroatoms. The molecule has 0 unspecified atom stereocenters. The van der Waals surface area contributed by atoms with Crippen molar-refractivity contribution < 1.29 is 22.2 Å². The molecular weight excluding hydrogens is 380 g/mol. The number of hydrogen-bond donors (Lipinski definition) is 0. The van der Waals surface area contributed by atoms with Crippen LogP contribution in [0.5, 0.6) is 0 Å². The predicted molar refractivity (Wildman–Crippen MR) is 102 cm³/mol. The monoisotopic (exact) mass is 393 g/mol. The largest absolute Gasteiger partial charge is 0.744 e. The number of hydrogen-bond acceptors (Lipinski definition) is 6. The second kappa shape index (κ2) is 6.91. The lowest BCUT2D eigenvalue weighted by molar-refractivity contribution is -0.113. The highest BCUT2D eigenvalue weighted by molar-refractivity contribution is 7.85. The summed E-state index contributed by atoms with van der Waals surface area (Å²) in [6.07, 6.45) is 3.02. The smallest absolute Gasteiger partial charge is 0.282 e. The summed E-state index contributed by atoms with van der Waals surface area (Å²) in [5.74, 6) is 0.475. The van der Waals surface area contributed by atoms with Gasteiger partial charge in [-0.3, -0.25) is 9.69 Å². The van der Waals surface area contributed by atoms with Crippen molar-refractivity contribution >= 4 is 33.6 Å². The van der Waals surface area contributed by atoms with Gasteiger partial charge in [-0.2, -0.15) is 0 Å². The molecule has 1 aromatic heterocycles. The van der Waals surface area contributed by atoms with E-state index in [0.717, 1.165) is 0 Å². The van der Waals surface area contributed by atoms with E-state index in [1.54, 1.807) is 12.1 Å². The Bertz CT molecular complexity index is 1180. The number of aliphatic imine (C=N–C) groups is 1. The fraction of sp³-hybridized carbons (Fsp3) is 0. The number of anilines is 1. The number of amidine groups is 1. The summed E-state index contributed by atoms with van der Waals surface area (Å²) in [5.41, 5.74) is 1.27. The fourth-order valence-electron chi connectivity index (χ4n) is 2.81. The van der Waals surface area contributed by atoms with E-state index in [1.807, 2.05) is 30.3 Å². The van der Waals surface area contributed by atoms with Crippen molar-refractivity contribution in [3.63, 3.8) is 0 Å². The van der Waals surface area contributed by atoms with Crippen molar-refractivity contribution in [2.75, 3.05) is 4.90 Å². The Kier molecular flexibility index (Phi) is 4.42. The summed E-state index contributed by atoms with van der Waals surface area (Å²) >= 11 is 0. The van der Waals surface area contributed by atoms with Gasteiger partial charge >= 0.3 is 0 Å². The van der Waals surface area contributed by atoms with E-state index < -0.39 is 16.0 Å². The molecule has 1 aliphatic heterocycles. The Balaban J connectivity index is 1.80. The Labute approximate surface area is 161 Å². The fourth-order valence-corrected chi connectivity index (χ4v) is 3.28.